The van der Waals surface area contributed by atoms with E-state index in [9.17, 15) is 5.21 Å². The van der Waals surface area contributed by atoms with Crippen LogP contribution in [0.2, 0.25) is 0 Å². The molecular formula is C19H27NO3. The second kappa shape index (κ2) is 7.58. The van der Waals surface area contributed by atoms with E-state index in [0.29, 0.717) is 19.6 Å². The summed E-state index contributed by atoms with van der Waals surface area (Å²) < 4.78 is 12.3. The molecule has 1 aromatic carbocycles. The van der Waals surface area contributed by atoms with Gasteiger partial charge in [-0.2, -0.15) is 5.06 Å². The van der Waals surface area contributed by atoms with Gasteiger partial charge in [-0.3, -0.25) is 0 Å². The number of nitrogens with zero attached hydrogens (tertiary/aromatic N) is 1. The Morgan fingerprint density at radius 2 is 2.00 bits per heavy atom. The van der Waals surface area contributed by atoms with Gasteiger partial charge in [-0.05, 0) is 24.8 Å². The topological polar surface area (TPSA) is 41.9 Å². The summed E-state index contributed by atoms with van der Waals surface area (Å²) in [6.45, 7) is 4.86. The summed E-state index contributed by atoms with van der Waals surface area (Å²) in [5.74, 6) is -0.407. The molecule has 1 aliphatic carbocycles. The predicted molar refractivity (Wildman–Crippen MR) is 89.0 cm³/mol. The normalized spacial score (nSPS) is 24.9. The van der Waals surface area contributed by atoms with Crippen molar-refractivity contribution in [1.82, 2.24) is 5.06 Å². The van der Waals surface area contributed by atoms with Gasteiger partial charge >= 0.3 is 0 Å². The zero-order valence-electron chi connectivity index (χ0n) is 13.7. The van der Waals surface area contributed by atoms with Crippen molar-refractivity contribution in [3.05, 3.63) is 48.6 Å². The fraction of sp³-hybridized carbons (Fsp3) is 0.579. The summed E-state index contributed by atoms with van der Waals surface area (Å²) >= 11 is 0. The number of ether oxygens (including phenoxy) is 2. The van der Waals surface area contributed by atoms with Crippen LogP contribution in [0.4, 0.5) is 0 Å². The summed E-state index contributed by atoms with van der Waals surface area (Å²) in [7, 11) is 0. The summed E-state index contributed by atoms with van der Waals surface area (Å²) in [5, 5.41) is 12.0. The Bertz CT molecular complexity index is 499. The molecule has 0 amide bonds. The van der Waals surface area contributed by atoms with Gasteiger partial charge in [-0.15, -0.1) is 6.58 Å². The molecular weight excluding hydrogens is 290 g/mol. The number of hydroxylamine groups is 2. The van der Waals surface area contributed by atoms with Crippen LogP contribution in [0.15, 0.2) is 43.0 Å². The van der Waals surface area contributed by atoms with Crippen molar-refractivity contribution in [3.63, 3.8) is 0 Å². The van der Waals surface area contributed by atoms with Gasteiger partial charge in [0, 0.05) is 19.4 Å². The van der Waals surface area contributed by atoms with E-state index in [1.165, 1.54) is 11.5 Å². The first-order valence-electron chi connectivity index (χ1n) is 8.64. The number of hydrogen-bond acceptors (Lipinski definition) is 4. The average molecular weight is 317 g/mol. The van der Waals surface area contributed by atoms with Crippen LogP contribution in [0.3, 0.4) is 0 Å². The third-order valence-corrected chi connectivity index (χ3v) is 4.90. The Balaban J connectivity index is 1.65. The zero-order chi connectivity index (χ0) is 16.1. The lowest BCUT2D eigenvalue weighted by Crippen LogP contribution is -2.44. The van der Waals surface area contributed by atoms with E-state index in [1.807, 2.05) is 36.4 Å². The second-order valence-corrected chi connectivity index (χ2v) is 6.61. The zero-order valence-corrected chi connectivity index (χ0v) is 13.7. The van der Waals surface area contributed by atoms with E-state index >= 15 is 0 Å². The maximum atomic E-state index is 10.6. The maximum Gasteiger partial charge on any atom is 0.168 e. The monoisotopic (exact) mass is 317 g/mol. The van der Waals surface area contributed by atoms with Crippen LogP contribution in [0.1, 0.15) is 44.1 Å². The van der Waals surface area contributed by atoms with Gasteiger partial charge in [0.2, 0.25) is 0 Å². The predicted octanol–water partition coefficient (Wildman–Crippen LogP) is 3.90. The van der Waals surface area contributed by atoms with Crippen LogP contribution in [-0.2, 0) is 16.0 Å². The van der Waals surface area contributed by atoms with Crippen LogP contribution < -0.4 is 0 Å². The summed E-state index contributed by atoms with van der Waals surface area (Å²) in [5.41, 5.74) is 1.08. The lowest BCUT2D eigenvalue weighted by molar-refractivity contribution is -0.212. The molecule has 1 N–H and O–H groups in total. The minimum absolute atomic E-state index is 0.111. The average Bonchev–Trinajstić information content (AvgIpc) is 2.97. The highest BCUT2D eigenvalue weighted by atomic mass is 16.7. The molecule has 3 rings (SSSR count). The maximum absolute atomic E-state index is 10.6. The van der Waals surface area contributed by atoms with Gasteiger partial charge < -0.3 is 14.7 Å². The highest BCUT2D eigenvalue weighted by Crippen LogP contribution is 2.39. The molecule has 1 aliphatic heterocycles. The highest BCUT2D eigenvalue weighted by molar-refractivity contribution is 5.14. The van der Waals surface area contributed by atoms with E-state index in [2.05, 4.69) is 6.58 Å². The molecule has 1 spiro atoms. The van der Waals surface area contributed by atoms with Crippen LogP contribution >= 0.6 is 0 Å². The van der Waals surface area contributed by atoms with Crippen LogP contribution in [0.25, 0.3) is 0 Å². The largest absolute Gasteiger partial charge is 0.347 e. The smallest absolute Gasteiger partial charge is 0.168 e. The molecule has 0 aromatic heterocycles. The molecule has 2 fully saturated rings. The van der Waals surface area contributed by atoms with Crippen molar-refractivity contribution in [3.8, 4) is 0 Å². The Labute approximate surface area is 138 Å². The molecule has 1 aromatic rings. The summed E-state index contributed by atoms with van der Waals surface area (Å²) in [6.07, 6.45) is 7.91. The first-order valence-corrected chi connectivity index (χ1v) is 8.64. The van der Waals surface area contributed by atoms with Crippen LogP contribution in [0.5, 0.6) is 0 Å². The lowest BCUT2D eigenvalue weighted by atomic mass is 9.94. The number of benzene rings is 1. The third kappa shape index (κ3) is 4.01. The van der Waals surface area contributed by atoms with E-state index in [4.69, 9.17) is 9.47 Å². The first kappa shape index (κ1) is 16.7. The van der Waals surface area contributed by atoms with Crippen molar-refractivity contribution in [1.29, 1.82) is 0 Å². The molecule has 2 aliphatic rings. The Morgan fingerprint density at radius 1 is 1.26 bits per heavy atom. The van der Waals surface area contributed by atoms with E-state index in [-0.39, 0.29) is 12.1 Å². The molecule has 1 saturated heterocycles. The molecule has 1 heterocycles. The Kier molecular flexibility index (Phi) is 5.49. The van der Waals surface area contributed by atoms with Crippen LogP contribution in [-0.4, -0.2) is 34.8 Å². The van der Waals surface area contributed by atoms with Gasteiger partial charge in [-0.25, -0.2) is 0 Å². The Morgan fingerprint density at radius 3 is 2.70 bits per heavy atom. The van der Waals surface area contributed by atoms with Crippen molar-refractivity contribution in [2.75, 3.05) is 6.61 Å². The Hall–Kier alpha value is -1.20. The minimum Gasteiger partial charge on any atom is -0.347 e. The summed E-state index contributed by atoms with van der Waals surface area (Å²) in [6, 6.07) is 9.85. The van der Waals surface area contributed by atoms with Gasteiger partial charge in [-0.1, -0.05) is 42.8 Å². The van der Waals surface area contributed by atoms with Gasteiger partial charge in [0.25, 0.3) is 0 Å². The van der Waals surface area contributed by atoms with Crippen molar-refractivity contribution >= 4 is 0 Å². The first-order chi connectivity index (χ1) is 11.2. The third-order valence-electron chi connectivity index (χ3n) is 4.90. The second-order valence-electron chi connectivity index (χ2n) is 6.61. The number of rotatable bonds is 6. The minimum atomic E-state index is -0.407. The quantitative estimate of drug-likeness (QED) is 0.638. The standard InChI is InChI=1S/C19H27NO3/c1-2-9-17(20(21)14-16-10-5-3-6-11-16)18-15-22-19(23-18)12-7-4-8-13-19/h2-3,5-6,10-11,17-18,21H,1,4,7-9,12-15H2/t17-,18-/m1/s1. The van der Waals surface area contributed by atoms with E-state index < -0.39 is 5.79 Å². The molecule has 0 bridgehead atoms. The molecule has 2 atom stereocenters. The molecule has 23 heavy (non-hydrogen) atoms. The van der Waals surface area contributed by atoms with Gasteiger partial charge in [0.05, 0.1) is 12.6 Å². The van der Waals surface area contributed by atoms with Crippen molar-refractivity contribution in [2.24, 2.45) is 0 Å². The molecule has 1 saturated carbocycles. The van der Waals surface area contributed by atoms with E-state index in [0.717, 1.165) is 31.2 Å². The molecule has 4 heteroatoms. The SMILES string of the molecule is C=CC[C@H]([C@H]1COC2(CCCCC2)O1)N(O)Cc1ccccc1. The summed E-state index contributed by atoms with van der Waals surface area (Å²) in [4.78, 5) is 0. The van der Waals surface area contributed by atoms with Crippen molar-refractivity contribution < 1.29 is 14.7 Å². The molecule has 0 radical (unpaired) electrons. The molecule has 4 nitrogen and oxygen atoms in total. The lowest BCUT2D eigenvalue weighted by Gasteiger charge is -2.34. The number of hydrogen-bond donors (Lipinski definition) is 1. The fourth-order valence-electron chi connectivity index (χ4n) is 3.64. The fourth-order valence-corrected chi connectivity index (χ4v) is 3.64. The highest BCUT2D eigenvalue weighted by Gasteiger charge is 2.45. The van der Waals surface area contributed by atoms with Crippen LogP contribution in [0, 0.1) is 0 Å². The van der Waals surface area contributed by atoms with Crippen molar-refractivity contribution in [2.45, 2.75) is 63.0 Å². The molecule has 0 unspecified atom stereocenters. The van der Waals surface area contributed by atoms with Gasteiger partial charge in [0.15, 0.2) is 5.79 Å². The molecule has 126 valence electrons. The van der Waals surface area contributed by atoms with Gasteiger partial charge in [0.1, 0.15) is 6.10 Å². The van der Waals surface area contributed by atoms with E-state index in [1.54, 1.807) is 0 Å².